The van der Waals surface area contributed by atoms with Crippen LogP contribution < -0.4 is 5.32 Å². The highest BCUT2D eigenvalue weighted by Gasteiger charge is 2.30. The largest absolute Gasteiger partial charge is 0.350 e. The molecule has 0 saturated carbocycles. The van der Waals surface area contributed by atoms with Gasteiger partial charge in [0.1, 0.15) is 0 Å². The third-order valence-corrected chi connectivity index (χ3v) is 6.32. The van der Waals surface area contributed by atoms with E-state index in [9.17, 15) is 9.59 Å². The minimum atomic E-state index is 0.0724. The molecule has 25 heavy (non-hydrogen) atoms. The van der Waals surface area contributed by atoms with E-state index in [4.69, 9.17) is 0 Å². The molecule has 2 amide bonds. The second-order valence-corrected chi connectivity index (χ2v) is 8.45. The number of rotatable bonds is 5. The van der Waals surface area contributed by atoms with E-state index in [1.54, 1.807) is 11.3 Å². The number of carbonyl (C=O) groups is 2. The molecule has 0 aliphatic carbocycles. The molecule has 6 heteroatoms. The molecule has 0 radical (unpaired) electrons. The lowest BCUT2D eigenvalue weighted by molar-refractivity contribution is -0.138. The van der Waals surface area contributed by atoms with Crippen LogP contribution in [0.4, 0.5) is 0 Å². The van der Waals surface area contributed by atoms with Gasteiger partial charge in [0.25, 0.3) is 0 Å². The van der Waals surface area contributed by atoms with Crippen molar-refractivity contribution in [2.75, 3.05) is 32.7 Å². The summed E-state index contributed by atoms with van der Waals surface area (Å²) in [4.78, 5) is 30.1. The Balaban J connectivity index is 1.36. The molecular weight excluding hydrogens is 334 g/mol. The fourth-order valence-corrected chi connectivity index (χ4v) is 4.33. The zero-order valence-corrected chi connectivity index (χ0v) is 15.9. The molecule has 3 rings (SSSR count). The van der Waals surface area contributed by atoms with E-state index < -0.39 is 0 Å². The van der Waals surface area contributed by atoms with E-state index in [-0.39, 0.29) is 11.8 Å². The summed E-state index contributed by atoms with van der Waals surface area (Å²) in [5.74, 6) is 1.31. The van der Waals surface area contributed by atoms with Gasteiger partial charge in [0, 0.05) is 23.9 Å². The van der Waals surface area contributed by atoms with Gasteiger partial charge in [0.05, 0.1) is 13.1 Å². The minimum Gasteiger partial charge on any atom is -0.350 e. The normalized spacial score (nSPS) is 20.6. The third kappa shape index (κ3) is 5.28. The SMILES string of the molecule is CC1CCN(C(=O)C2CCN(CC(=O)NCc3cccs3)CC2)CC1. The van der Waals surface area contributed by atoms with Crippen LogP contribution in [0.15, 0.2) is 17.5 Å². The van der Waals surface area contributed by atoms with Crippen molar-refractivity contribution in [2.45, 2.75) is 39.2 Å². The number of piperidine rings is 2. The lowest BCUT2D eigenvalue weighted by Gasteiger charge is -2.36. The van der Waals surface area contributed by atoms with Crippen LogP contribution in [-0.2, 0) is 16.1 Å². The highest BCUT2D eigenvalue weighted by Crippen LogP contribution is 2.23. The number of hydrogen-bond acceptors (Lipinski definition) is 4. The quantitative estimate of drug-likeness (QED) is 0.874. The Morgan fingerprint density at radius 1 is 1.16 bits per heavy atom. The van der Waals surface area contributed by atoms with E-state index in [1.807, 2.05) is 17.5 Å². The van der Waals surface area contributed by atoms with Crippen LogP contribution in [0.2, 0.25) is 0 Å². The summed E-state index contributed by atoms with van der Waals surface area (Å²) >= 11 is 1.66. The topological polar surface area (TPSA) is 52.7 Å². The number of amides is 2. The molecule has 2 aliphatic rings. The van der Waals surface area contributed by atoms with Gasteiger partial charge in [-0.2, -0.15) is 0 Å². The van der Waals surface area contributed by atoms with Gasteiger partial charge in [-0.1, -0.05) is 13.0 Å². The number of likely N-dealkylation sites (tertiary alicyclic amines) is 2. The first-order chi connectivity index (χ1) is 12.1. The molecule has 3 heterocycles. The van der Waals surface area contributed by atoms with Crippen molar-refractivity contribution in [3.05, 3.63) is 22.4 Å². The average Bonchev–Trinajstić information content (AvgIpc) is 3.14. The molecule has 0 aromatic carbocycles. The zero-order chi connectivity index (χ0) is 17.6. The third-order valence-electron chi connectivity index (χ3n) is 5.44. The van der Waals surface area contributed by atoms with Crippen molar-refractivity contribution in [1.82, 2.24) is 15.1 Å². The molecule has 5 nitrogen and oxygen atoms in total. The van der Waals surface area contributed by atoms with E-state index in [0.29, 0.717) is 19.0 Å². The number of nitrogens with zero attached hydrogens (tertiary/aromatic N) is 2. The van der Waals surface area contributed by atoms with Gasteiger partial charge >= 0.3 is 0 Å². The molecule has 1 aromatic rings. The van der Waals surface area contributed by atoms with Crippen LogP contribution in [0.1, 0.15) is 37.5 Å². The van der Waals surface area contributed by atoms with Gasteiger partial charge < -0.3 is 10.2 Å². The molecule has 138 valence electrons. The first-order valence-corrected chi connectivity index (χ1v) is 10.3. The van der Waals surface area contributed by atoms with E-state index in [0.717, 1.165) is 57.8 Å². The van der Waals surface area contributed by atoms with Crippen molar-refractivity contribution in [2.24, 2.45) is 11.8 Å². The number of carbonyl (C=O) groups excluding carboxylic acids is 2. The van der Waals surface area contributed by atoms with E-state index in [1.165, 1.54) is 4.88 Å². The Bertz CT molecular complexity index is 559. The smallest absolute Gasteiger partial charge is 0.234 e. The summed E-state index contributed by atoms with van der Waals surface area (Å²) in [5, 5.41) is 5.00. The standard InChI is InChI=1S/C19H29N3O2S/c1-15-4-10-22(11-5-15)19(24)16-6-8-21(9-7-16)14-18(23)20-13-17-3-2-12-25-17/h2-3,12,15-16H,4-11,13-14H2,1H3,(H,20,23). The zero-order valence-electron chi connectivity index (χ0n) is 15.1. The lowest BCUT2D eigenvalue weighted by atomic mass is 9.92. The number of nitrogens with one attached hydrogen (secondary N) is 1. The van der Waals surface area contributed by atoms with Crippen molar-refractivity contribution >= 4 is 23.2 Å². The molecule has 0 unspecified atom stereocenters. The summed E-state index contributed by atoms with van der Waals surface area (Å²) < 4.78 is 0. The van der Waals surface area contributed by atoms with Crippen LogP contribution in [0.3, 0.4) is 0 Å². The molecular formula is C19H29N3O2S. The fourth-order valence-electron chi connectivity index (χ4n) is 3.68. The van der Waals surface area contributed by atoms with Gasteiger partial charge in [-0.3, -0.25) is 14.5 Å². The summed E-state index contributed by atoms with van der Waals surface area (Å²) in [6.07, 6.45) is 4.02. The second kappa shape index (κ2) is 8.81. The maximum Gasteiger partial charge on any atom is 0.234 e. The van der Waals surface area contributed by atoms with E-state index in [2.05, 4.69) is 22.0 Å². The maximum atomic E-state index is 12.7. The van der Waals surface area contributed by atoms with Gasteiger partial charge in [-0.15, -0.1) is 11.3 Å². The van der Waals surface area contributed by atoms with Gasteiger partial charge in [0.2, 0.25) is 11.8 Å². The van der Waals surface area contributed by atoms with Crippen LogP contribution >= 0.6 is 11.3 Å². The predicted octanol–water partition coefficient (Wildman–Crippen LogP) is 2.33. The molecule has 2 fully saturated rings. The van der Waals surface area contributed by atoms with Crippen molar-refractivity contribution in [3.8, 4) is 0 Å². The summed E-state index contributed by atoms with van der Waals surface area (Å²) in [6.45, 7) is 6.84. The van der Waals surface area contributed by atoms with Crippen LogP contribution in [0.5, 0.6) is 0 Å². The van der Waals surface area contributed by atoms with Crippen LogP contribution in [0.25, 0.3) is 0 Å². The Labute approximate surface area is 154 Å². The number of thiophene rings is 1. The van der Waals surface area contributed by atoms with Gasteiger partial charge in [-0.25, -0.2) is 0 Å². The Kier molecular flexibility index (Phi) is 6.48. The fraction of sp³-hybridized carbons (Fsp3) is 0.684. The van der Waals surface area contributed by atoms with E-state index >= 15 is 0 Å². The Morgan fingerprint density at radius 3 is 2.52 bits per heavy atom. The van der Waals surface area contributed by atoms with Crippen molar-refractivity contribution in [1.29, 1.82) is 0 Å². The molecule has 1 aromatic heterocycles. The van der Waals surface area contributed by atoms with Crippen LogP contribution in [0, 0.1) is 11.8 Å². The lowest BCUT2D eigenvalue weighted by Crippen LogP contribution is -2.47. The average molecular weight is 364 g/mol. The van der Waals surface area contributed by atoms with Crippen LogP contribution in [-0.4, -0.2) is 54.3 Å². The second-order valence-electron chi connectivity index (χ2n) is 7.41. The monoisotopic (exact) mass is 363 g/mol. The molecule has 2 aliphatic heterocycles. The maximum absolute atomic E-state index is 12.7. The Hall–Kier alpha value is -1.40. The highest BCUT2D eigenvalue weighted by molar-refractivity contribution is 7.09. The summed E-state index contributed by atoms with van der Waals surface area (Å²) in [5.41, 5.74) is 0. The first kappa shape index (κ1) is 18.4. The highest BCUT2D eigenvalue weighted by atomic mass is 32.1. The molecule has 1 N–H and O–H groups in total. The number of hydrogen-bond donors (Lipinski definition) is 1. The minimum absolute atomic E-state index is 0.0724. The first-order valence-electron chi connectivity index (χ1n) is 9.42. The summed E-state index contributed by atoms with van der Waals surface area (Å²) in [6, 6.07) is 4.03. The van der Waals surface area contributed by atoms with Crippen molar-refractivity contribution < 1.29 is 9.59 Å². The van der Waals surface area contributed by atoms with Crippen molar-refractivity contribution in [3.63, 3.8) is 0 Å². The molecule has 0 spiro atoms. The summed E-state index contributed by atoms with van der Waals surface area (Å²) in [7, 11) is 0. The van der Waals surface area contributed by atoms with Gasteiger partial charge in [0.15, 0.2) is 0 Å². The molecule has 0 bridgehead atoms. The molecule has 0 atom stereocenters. The molecule has 2 saturated heterocycles. The van der Waals surface area contributed by atoms with Gasteiger partial charge in [-0.05, 0) is 56.1 Å². The predicted molar refractivity (Wildman–Crippen MR) is 100 cm³/mol. The Morgan fingerprint density at radius 2 is 1.88 bits per heavy atom.